The fraction of sp³-hybridized carbons (Fsp3) is 0.231. The molecular weight excluding hydrogens is 269 g/mol. The summed E-state index contributed by atoms with van der Waals surface area (Å²) in [4.78, 5) is 18.3. The van der Waals surface area contributed by atoms with E-state index in [0.717, 1.165) is 17.1 Å². The minimum Gasteiger partial charge on any atom is -0.355 e. The molecule has 1 aromatic heterocycles. The molecule has 19 heavy (non-hydrogen) atoms. The van der Waals surface area contributed by atoms with Gasteiger partial charge in [0, 0.05) is 13.0 Å². The number of H-pyrrole nitrogens is 1. The van der Waals surface area contributed by atoms with Gasteiger partial charge in [-0.2, -0.15) is 0 Å². The molecule has 0 spiro atoms. The van der Waals surface area contributed by atoms with Crippen LogP contribution in [0.1, 0.15) is 5.82 Å². The predicted molar refractivity (Wildman–Crippen MR) is 71.4 cm³/mol. The Morgan fingerprint density at radius 2 is 2.11 bits per heavy atom. The third kappa shape index (κ3) is 3.79. The number of halogens is 2. The molecule has 0 aliphatic carbocycles. The van der Waals surface area contributed by atoms with Gasteiger partial charge in [0.2, 0.25) is 5.91 Å². The fourth-order valence-electron chi connectivity index (χ4n) is 1.63. The third-order valence-electron chi connectivity index (χ3n) is 2.59. The fourth-order valence-corrected chi connectivity index (χ4v) is 1.73. The molecule has 0 unspecified atom stereocenters. The lowest BCUT2D eigenvalue weighted by atomic mass is 10.2. The number of benzene rings is 1. The SMILES string of the molecule is O=C(CCl)NCCc1ncc(-c2ccc(F)cc2)[nH]1. The minimum absolute atomic E-state index is 0.0427. The van der Waals surface area contributed by atoms with Gasteiger partial charge in [-0.15, -0.1) is 11.6 Å². The first-order chi connectivity index (χ1) is 9.19. The van der Waals surface area contributed by atoms with Gasteiger partial charge in [0.1, 0.15) is 17.5 Å². The zero-order chi connectivity index (χ0) is 13.7. The van der Waals surface area contributed by atoms with Gasteiger partial charge in [-0.3, -0.25) is 4.79 Å². The zero-order valence-electron chi connectivity index (χ0n) is 10.1. The number of aromatic amines is 1. The number of amides is 1. The van der Waals surface area contributed by atoms with E-state index in [0.29, 0.717) is 13.0 Å². The van der Waals surface area contributed by atoms with E-state index in [9.17, 15) is 9.18 Å². The van der Waals surface area contributed by atoms with Crippen molar-refractivity contribution in [3.63, 3.8) is 0 Å². The largest absolute Gasteiger partial charge is 0.355 e. The summed E-state index contributed by atoms with van der Waals surface area (Å²) in [6.07, 6.45) is 2.27. The highest BCUT2D eigenvalue weighted by molar-refractivity contribution is 6.27. The number of hydrogen-bond acceptors (Lipinski definition) is 2. The molecule has 0 radical (unpaired) electrons. The van der Waals surface area contributed by atoms with Crippen molar-refractivity contribution >= 4 is 17.5 Å². The standard InChI is InChI=1S/C13H13ClFN3O/c14-7-13(19)16-6-5-12-17-8-11(18-12)9-1-3-10(15)4-2-9/h1-4,8H,5-7H2,(H,16,19)(H,17,18). The number of aromatic nitrogens is 2. The van der Waals surface area contributed by atoms with Crippen molar-refractivity contribution in [1.29, 1.82) is 0 Å². The lowest BCUT2D eigenvalue weighted by Gasteiger charge is -2.00. The van der Waals surface area contributed by atoms with Gasteiger partial charge in [0.15, 0.2) is 0 Å². The van der Waals surface area contributed by atoms with Gasteiger partial charge in [-0.1, -0.05) is 0 Å². The summed E-state index contributed by atoms with van der Waals surface area (Å²) in [5.41, 5.74) is 1.68. The summed E-state index contributed by atoms with van der Waals surface area (Å²) in [5, 5.41) is 2.66. The van der Waals surface area contributed by atoms with Crippen molar-refractivity contribution in [2.24, 2.45) is 0 Å². The summed E-state index contributed by atoms with van der Waals surface area (Å²) in [6, 6.07) is 6.16. The Morgan fingerprint density at radius 3 is 2.79 bits per heavy atom. The van der Waals surface area contributed by atoms with Crippen molar-refractivity contribution in [2.45, 2.75) is 6.42 Å². The van der Waals surface area contributed by atoms with Crippen LogP contribution < -0.4 is 5.32 Å². The molecule has 0 saturated carbocycles. The first-order valence-electron chi connectivity index (χ1n) is 5.81. The molecule has 0 atom stereocenters. The Morgan fingerprint density at radius 1 is 1.37 bits per heavy atom. The monoisotopic (exact) mass is 281 g/mol. The molecule has 0 bridgehead atoms. The van der Waals surface area contributed by atoms with E-state index in [2.05, 4.69) is 15.3 Å². The lowest BCUT2D eigenvalue weighted by Crippen LogP contribution is -2.26. The summed E-state index contributed by atoms with van der Waals surface area (Å²) in [6.45, 7) is 0.474. The molecular formula is C13H13ClFN3O. The number of imidazole rings is 1. The van der Waals surface area contributed by atoms with Crippen LogP contribution in [0.4, 0.5) is 4.39 Å². The lowest BCUT2D eigenvalue weighted by molar-refractivity contribution is -0.118. The minimum atomic E-state index is -0.271. The predicted octanol–water partition coefficient (Wildman–Crippen LogP) is 2.11. The Balaban J connectivity index is 1.95. The average Bonchev–Trinajstić information content (AvgIpc) is 2.88. The van der Waals surface area contributed by atoms with Crippen LogP contribution in [-0.2, 0) is 11.2 Å². The van der Waals surface area contributed by atoms with Gasteiger partial charge in [0.05, 0.1) is 11.9 Å². The molecule has 6 heteroatoms. The van der Waals surface area contributed by atoms with Crippen LogP contribution >= 0.6 is 11.6 Å². The van der Waals surface area contributed by atoms with Crippen LogP contribution in [0.5, 0.6) is 0 Å². The van der Waals surface area contributed by atoms with Crippen molar-refractivity contribution in [3.05, 3.63) is 42.1 Å². The van der Waals surface area contributed by atoms with Gasteiger partial charge in [0.25, 0.3) is 0 Å². The quantitative estimate of drug-likeness (QED) is 0.825. The number of alkyl halides is 1. The normalized spacial score (nSPS) is 10.4. The Labute approximate surface area is 115 Å². The summed E-state index contributed by atoms with van der Waals surface area (Å²) in [7, 11) is 0. The zero-order valence-corrected chi connectivity index (χ0v) is 10.9. The van der Waals surface area contributed by atoms with E-state index in [1.54, 1.807) is 18.3 Å². The number of carbonyl (C=O) groups is 1. The Kier molecular flexibility index (Phi) is 4.52. The highest BCUT2D eigenvalue weighted by Gasteiger charge is 2.04. The molecule has 2 N–H and O–H groups in total. The molecule has 0 fully saturated rings. The van der Waals surface area contributed by atoms with Crippen LogP contribution in [0.15, 0.2) is 30.5 Å². The van der Waals surface area contributed by atoms with E-state index in [4.69, 9.17) is 11.6 Å². The van der Waals surface area contributed by atoms with Crippen molar-refractivity contribution < 1.29 is 9.18 Å². The summed E-state index contributed by atoms with van der Waals surface area (Å²) >= 11 is 5.36. The van der Waals surface area contributed by atoms with E-state index >= 15 is 0 Å². The van der Waals surface area contributed by atoms with E-state index in [-0.39, 0.29) is 17.6 Å². The highest BCUT2D eigenvalue weighted by Crippen LogP contribution is 2.17. The van der Waals surface area contributed by atoms with Crippen LogP contribution in [0, 0.1) is 5.82 Å². The van der Waals surface area contributed by atoms with E-state index in [1.165, 1.54) is 12.1 Å². The Bertz CT molecular complexity index is 553. The number of nitrogens with one attached hydrogen (secondary N) is 2. The van der Waals surface area contributed by atoms with E-state index in [1.807, 2.05) is 0 Å². The molecule has 4 nitrogen and oxygen atoms in total. The second-order valence-electron chi connectivity index (χ2n) is 3.98. The second kappa shape index (κ2) is 6.33. The molecule has 0 aliphatic heterocycles. The smallest absolute Gasteiger partial charge is 0.234 e. The number of hydrogen-bond donors (Lipinski definition) is 2. The van der Waals surface area contributed by atoms with E-state index < -0.39 is 0 Å². The van der Waals surface area contributed by atoms with Crippen LogP contribution in [0.2, 0.25) is 0 Å². The second-order valence-corrected chi connectivity index (χ2v) is 4.25. The maximum Gasteiger partial charge on any atom is 0.234 e. The molecule has 1 heterocycles. The molecule has 100 valence electrons. The van der Waals surface area contributed by atoms with Crippen LogP contribution in [0.3, 0.4) is 0 Å². The molecule has 1 amide bonds. The molecule has 2 aromatic rings. The van der Waals surface area contributed by atoms with Gasteiger partial charge in [-0.05, 0) is 29.8 Å². The maximum absolute atomic E-state index is 12.8. The first-order valence-corrected chi connectivity index (χ1v) is 6.35. The summed E-state index contributed by atoms with van der Waals surface area (Å²) in [5.74, 6) is 0.243. The van der Waals surface area contributed by atoms with Crippen molar-refractivity contribution in [2.75, 3.05) is 12.4 Å². The topological polar surface area (TPSA) is 57.8 Å². The maximum atomic E-state index is 12.8. The highest BCUT2D eigenvalue weighted by atomic mass is 35.5. The van der Waals surface area contributed by atoms with Crippen molar-refractivity contribution in [3.8, 4) is 11.3 Å². The Hall–Kier alpha value is -1.88. The molecule has 0 aliphatic rings. The summed E-state index contributed by atoms with van der Waals surface area (Å²) < 4.78 is 12.8. The van der Waals surface area contributed by atoms with Crippen LogP contribution in [-0.4, -0.2) is 28.3 Å². The molecule has 2 rings (SSSR count). The first kappa shape index (κ1) is 13.5. The number of carbonyl (C=O) groups excluding carboxylic acids is 1. The third-order valence-corrected chi connectivity index (χ3v) is 2.83. The molecule has 0 saturated heterocycles. The van der Waals surface area contributed by atoms with Crippen LogP contribution in [0.25, 0.3) is 11.3 Å². The van der Waals surface area contributed by atoms with Gasteiger partial charge >= 0.3 is 0 Å². The van der Waals surface area contributed by atoms with Gasteiger partial charge in [-0.25, -0.2) is 9.37 Å². The number of rotatable bonds is 5. The number of nitrogens with zero attached hydrogens (tertiary/aromatic N) is 1. The average molecular weight is 282 g/mol. The van der Waals surface area contributed by atoms with Crippen molar-refractivity contribution in [1.82, 2.24) is 15.3 Å². The molecule has 1 aromatic carbocycles. The van der Waals surface area contributed by atoms with Gasteiger partial charge < -0.3 is 10.3 Å².